The number of nitrogens with one attached hydrogen (secondary N) is 1. The number of hydrogen-bond donors (Lipinski definition) is 1. The lowest BCUT2D eigenvalue weighted by Gasteiger charge is -2.20. The summed E-state index contributed by atoms with van der Waals surface area (Å²) in [4.78, 5) is 31.4. The zero-order valence-corrected chi connectivity index (χ0v) is 17.4. The molecule has 2 aromatic heterocycles. The second-order valence-corrected chi connectivity index (χ2v) is 8.17. The zero-order valence-electron chi connectivity index (χ0n) is 16.6. The van der Waals surface area contributed by atoms with E-state index in [1.54, 1.807) is 29.7 Å². The topological polar surface area (TPSA) is 73.2 Å². The van der Waals surface area contributed by atoms with Crippen LogP contribution in [-0.2, 0) is 13.0 Å². The summed E-state index contributed by atoms with van der Waals surface area (Å²) in [5.41, 5.74) is 0.965. The molecule has 1 aromatic carbocycles. The average molecular weight is 433 g/mol. The summed E-state index contributed by atoms with van der Waals surface area (Å²) in [7, 11) is 0. The Balaban J connectivity index is 1.67. The summed E-state index contributed by atoms with van der Waals surface area (Å²) in [5.74, 6) is 0.424. The minimum absolute atomic E-state index is 0.0315. The van der Waals surface area contributed by atoms with Crippen molar-refractivity contribution in [3.05, 3.63) is 56.4 Å². The van der Waals surface area contributed by atoms with E-state index < -0.39 is 12.7 Å². The van der Waals surface area contributed by atoms with Crippen LogP contribution in [0.1, 0.15) is 52.4 Å². The predicted molar refractivity (Wildman–Crippen MR) is 111 cm³/mol. The molecular formula is C21H21F2N3O3S. The number of benzene rings is 1. The third-order valence-electron chi connectivity index (χ3n) is 5.34. The molecular weight excluding hydrogens is 412 g/mol. The van der Waals surface area contributed by atoms with Crippen LogP contribution in [0.3, 0.4) is 0 Å². The van der Waals surface area contributed by atoms with Crippen molar-refractivity contribution in [3.63, 3.8) is 0 Å². The molecule has 1 unspecified atom stereocenters. The van der Waals surface area contributed by atoms with E-state index in [1.807, 2.05) is 6.92 Å². The summed E-state index contributed by atoms with van der Waals surface area (Å²) in [6, 6.07) is 5.90. The molecule has 6 nitrogen and oxygen atoms in total. The number of ether oxygens (including phenoxy) is 1. The van der Waals surface area contributed by atoms with Crippen molar-refractivity contribution in [1.82, 2.24) is 14.9 Å². The maximum absolute atomic E-state index is 13.0. The van der Waals surface area contributed by atoms with Crippen LogP contribution in [0.25, 0.3) is 10.2 Å². The quantitative estimate of drug-likeness (QED) is 0.633. The van der Waals surface area contributed by atoms with Crippen molar-refractivity contribution < 1.29 is 18.3 Å². The molecule has 0 bridgehead atoms. The molecule has 0 saturated carbocycles. The van der Waals surface area contributed by atoms with Crippen molar-refractivity contribution in [3.8, 4) is 5.75 Å². The van der Waals surface area contributed by atoms with Crippen molar-refractivity contribution in [2.24, 2.45) is 0 Å². The fourth-order valence-electron chi connectivity index (χ4n) is 3.89. The first-order chi connectivity index (χ1) is 14.4. The van der Waals surface area contributed by atoms with E-state index in [0.717, 1.165) is 18.7 Å². The van der Waals surface area contributed by atoms with Crippen LogP contribution >= 0.6 is 11.3 Å². The molecule has 0 spiro atoms. The Labute approximate surface area is 175 Å². The fourth-order valence-corrected chi connectivity index (χ4v) is 4.98. The van der Waals surface area contributed by atoms with Crippen LogP contribution in [-0.4, -0.2) is 22.1 Å². The number of halogens is 2. The van der Waals surface area contributed by atoms with Gasteiger partial charge in [-0.25, -0.2) is 4.98 Å². The number of rotatable bonds is 6. The lowest BCUT2D eigenvalue weighted by Crippen LogP contribution is -2.28. The number of amides is 1. The number of para-hydroxylation sites is 1. The Morgan fingerprint density at radius 2 is 2.13 bits per heavy atom. The molecule has 30 heavy (non-hydrogen) atoms. The number of carbonyl (C=O) groups excluding carboxylic acids is 1. The van der Waals surface area contributed by atoms with Gasteiger partial charge in [-0.15, -0.1) is 11.3 Å². The number of nitrogens with zero attached hydrogens (tertiary/aromatic N) is 2. The van der Waals surface area contributed by atoms with Crippen molar-refractivity contribution in [1.29, 1.82) is 0 Å². The molecule has 0 aliphatic carbocycles. The molecule has 3 aromatic rings. The normalized spacial score (nSPS) is 14.2. The summed E-state index contributed by atoms with van der Waals surface area (Å²) in [5, 5.41) is 3.38. The summed E-state index contributed by atoms with van der Waals surface area (Å²) < 4.78 is 31.8. The van der Waals surface area contributed by atoms with Gasteiger partial charge >= 0.3 is 6.61 Å². The van der Waals surface area contributed by atoms with E-state index in [2.05, 4.69) is 15.0 Å². The number of fused-ring (bicyclic) bond motifs is 2. The molecule has 1 atom stereocenters. The molecule has 0 fully saturated rings. The smallest absolute Gasteiger partial charge is 0.387 e. The molecule has 3 heterocycles. The Hall–Kier alpha value is -2.81. The van der Waals surface area contributed by atoms with Gasteiger partial charge in [0.15, 0.2) is 0 Å². The molecule has 4 rings (SSSR count). The number of thiophene rings is 1. The molecule has 1 amide bonds. The van der Waals surface area contributed by atoms with Gasteiger partial charge in [0.25, 0.3) is 11.5 Å². The molecule has 0 saturated heterocycles. The third kappa shape index (κ3) is 3.58. The first kappa shape index (κ1) is 20.5. The SMILES string of the molecule is CCC(NC(=O)c1sc2nc3n(c(=O)c2c1C)CCC3)c1ccccc1OC(F)F. The molecule has 158 valence electrons. The van der Waals surface area contributed by atoms with E-state index in [9.17, 15) is 18.4 Å². The second-order valence-electron chi connectivity index (χ2n) is 7.18. The average Bonchev–Trinajstić information content (AvgIpc) is 3.31. The predicted octanol–water partition coefficient (Wildman–Crippen LogP) is 4.20. The highest BCUT2D eigenvalue weighted by molar-refractivity contribution is 7.20. The monoisotopic (exact) mass is 433 g/mol. The first-order valence-corrected chi connectivity index (χ1v) is 10.6. The maximum atomic E-state index is 13.0. The molecule has 0 radical (unpaired) electrons. The summed E-state index contributed by atoms with van der Waals surface area (Å²) in [6.45, 7) is 1.28. The van der Waals surface area contributed by atoms with E-state index in [4.69, 9.17) is 0 Å². The van der Waals surface area contributed by atoms with Crippen molar-refractivity contribution in [2.45, 2.75) is 52.3 Å². The second kappa shape index (κ2) is 8.14. The lowest BCUT2D eigenvalue weighted by atomic mass is 10.0. The number of carbonyl (C=O) groups is 1. The number of hydrogen-bond acceptors (Lipinski definition) is 5. The van der Waals surface area contributed by atoms with Crippen LogP contribution in [0.4, 0.5) is 8.78 Å². The molecule has 9 heteroatoms. The van der Waals surface area contributed by atoms with Crippen LogP contribution < -0.4 is 15.6 Å². The minimum Gasteiger partial charge on any atom is -0.434 e. The van der Waals surface area contributed by atoms with Gasteiger partial charge in [-0.3, -0.25) is 14.2 Å². The van der Waals surface area contributed by atoms with Gasteiger partial charge in [0.1, 0.15) is 16.4 Å². The first-order valence-electron chi connectivity index (χ1n) is 9.78. The van der Waals surface area contributed by atoms with Crippen LogP contribution in [0.15, 0.2) is 29.1 Å². The highest BCUT2D eigenvalue weighted by Crippen LogP contribution is 2.31. The van der Waals surface area contributed by atoms with Gasteiger partial charge in [-0.1, -0.05) is 25.1 Å². The standard InChI is InChI=1S/C21H21F2N3O3S/c1-3-13(12-7-4-5-8-14(12)29-21(22)23)24-18(27)17-11(2)16-19(30-17)25-15-9-6-10-26(15)20(16)28/h4-5,7-8,13,21H,3,6,9-10H2,1-2H3,(H,24,27). The van der Waals surface area contributed by atoms with E-state index >= 15 is 0 Å². The van der Waals surface area contributed by atoms with Crippen LogP contribution in [0.2, 0.25) is 0 Å². The van der Waals surface area contributed by atoms with E-state index in [-0.39, 0.29) is 17.2 Å². The third-order valence-corrected chi connectivity index (χ3v) is 6.53. The summed E-state index contributed by atoms with van der Waals surface area (Å²) >= 11 is 1.19. The molecule has 1 aliphatic heterocycles. The Bertz CT molecular complexity index is 1170. The largest absolute Gasteiger partial charge is 0.434 e. The molecule has 1 aliphatic rings. The zero-order chi connectivity index (χ0) is 21.4. The summed E-state index contributed by atoms with van der Waals surface area (Å²) in [6.07, 6.45) is 2.13. The fraction of sp³-hybridized carbons (Fsp3) is 0.381. The van der Waals surface area contributed by atoms with E-state index in [1.165, 1.54) is 17.4 Å². The lowest BCUT2D eigenvalue weighted by molar-refractivity contribution is -0.0506. The Morgan fingerprint density at radius 1 is 1.37 bits per heavy atom. The van der Waals surface area contributed by atoms with Crippen molar-refractivity contribution >= 4 is 27.5 Å². The van der Waals surface area contributed by atoms with Crippen LogP contribution in [0, 0.1) is 6.92 Å². The van der Waals surface area contributed by atoms with Gasteiger partial charge < -0.3 is 10.1 Å². The number of aromatic nitrogens is 2. The van der Waals surface area contributed by atoms with Crippen molar-refractivity contribution in [2.75, 3.05) is 0 Å². The minimum atomic E-state index is -2.95. The van der Waals surface area contributed by atoms with Gasteiger partial charge in [-0.05, 0) is 31.4 Å². The molecule has 1 N–H and O–H groups in total. The maximum Gasteiger partial charge on any atom is 0.387 e. The number of alkyl halides is 2. The number of aryl methyl sites for hydroxylation is 2. The van der Waals surface area contributed by atoms with Gasteiger partial charge in [-0.2, -0.15) is 8.78 Å². The van der Waals surface area contributed by atoms with E-state index in [0.29, 0.717) is 39.2 Å². The highest BCUT2D eigenvalue weighted by atomic mass is 32.1. The van der Waals surface area contributed by atoms with Crippen LogP contribution in [0.5, 0.6) is 5.75 Å². The Kier molecular flexibility index (Phi) is 5.55. The Morgan fingerprint density at radius 3 is 2.87 bits per heavy atom. The van der Waals surface area contributed by atoms with Gasteiger partial charge in [0.2, 0.25) is 0 Å². The highest BCUT2D eigenvalue weighted by Gasteiger charge is 2.25. The van der Waals surface area contributed by atoms with Gasteiger partial charge in [0, 0.05) is 18.5 Å². The van der Waals surface area contributed by atoms with Gasteiger partial charge in [0.05, 0.1) is 16.3 Å².